The zero-order chi connectivity index (χ0) is 19.8. The van der Waals surface area contributed by atoms with Crippen LogP contribution in [0.4, 0.5) is 0 Å². The first-order valence-corrected chi connectivity index (χ1v) is 10.4. The van der Waals surface area contributed by atoms with Gasteiger partial charge in [-0.1, -0.05) is 48.5 Å². The highest BCUT2D eigenvalue weighted by atomic mass is 32.2. The largest absolute Gasteiger partial charge is 0.492 e. The maximum atomic E-state index is 12.6. The van der Waals surface area contributed by atoms with Crippen LogP contribution in [-0.2, 0) is 5.75 Å². The molecule has 3 aromatic carbocycles. The highest BCUT2D eigenvalue weighted by Crippen LogP contribution is 2.26. The summed E-state index contributed by atoms with van der Waals surface area (Å²) < 4.78 is 5.77. The zero-order valence-corrected chi connectivity index (χ0v) is 17.1. The Kier molecular flexibility index (Phi) is 7.15. The van der Waals surface area contributed by atoms with Crippen molar-refractivity contribution in [1.29, 1.82) is 0 Å². The van der Waals surface area contributed by atoms with Crippen molar-refractivity contribution in [1.82, 2.24) is 5.32 Å². The maximum absolute atomic E-state index is 12.6. The SMILES string of the molecule is Cc1cc(C)cc(OCCNC(=O)c2ccccc2SCc2ccccc2)c1. The molecule has 0 radical (unpaired) electrons. The summed E-state index contributed by atoms with van der Waals surface area (Å²) in [7, 11) is 0. The fraction of sp³-hybridized carbons (Fsp3) is 0.208. The van der Waals surface area contributed by atoms with Gasteiger partial charge in [-0.25, -0.2) is 0 Å². The van der Waals surface area contributed by atoms with Crippen molar-refractivity contribution in [3.63, 3.8) is 0 Å². The minimum atomic E-state index is -0.0693. The van der Waals surface area contributed by atoms with Gasteiger partial charge in [-0.05, 0) is 54.8 Å². The molecule has 0 fully saturated rings. The molecule has 0 aliphatic heterocycles. The van der Waals surface area contributed by atoms with Crippen LogP contribution in [0.15, 0.2) is 77.7 Å². The van der Waals surface area contributed by atoms with Gasteiger partial charge in [0.15, 0.2) is 0 Å². The molecule has 0 heterocycles. The Morgan fingerprint density at radius 1 is 0.929 bits per heavy atom. The standard InChI is InChI=1S/C24H25NO2S/c1-18-14-19(2)16-21(15-18)27-13-12-25-24(26)22-10-6-7-11-23(22)28-17-20-8-4-3-5-9-20/h3-11,14-16H,12-13,17H2,1-2H3,(H,25,26). The molecular weight excluding hydrogens is 366 g/mol. The molecule has 0 bridgehead atoms. The van der Waals surface area contributed by atoms with E-state index in [4.69, 9.17) is 4.74 Å². The minimum absolute atomic E-state index is 0.0693. The molecule has 3 aromatic rings. The number of hydrogen-bond acceptors (Lipinski definition) is 3. The van der Waals surface area contributed by atoms with Gasteiger partial charge in [0, 0.05) is 10.6 Å². The molecule has 0 saturated carbocycles. The third-order valence-corrected chi connectivity index (χ3v) is 5.37. The van der Waals surface area contributed by atoms with Crippen LogP contribution in [0.3, 0.4) is 0 Å². The van der Waals surface area contributed by atoms with Crippen LogP contribution in [0, 0.1) is 13.8 Å². The van der Waals surface area contributed by atoms with E-state index in [0.29, 0.717) is 18.7 Å². The fourth-order valence-corrected chi connectivity index (χ4v) is 3.97. The van der Waals surface area contributed by atoms with Crippen LogP contribution in [0.5, 0.6) is 5.75 Å². The van der Waals surface area contributed by atoms with E-state index >= 15 is 0 Å². The van der Waals surface area contributed by atoms with Gasteiger partial charge in [0.2, 0.25) is 0 Å². The van der Waals surface area contributed by atoms with E-state index in [1.165, 1.54) is 16.7 Å². The molecule has 4 heteroatoms. The lowest BCUT2D eigenvalue weighted by molar-refractivity contribution is 0.0944. The van der Waals surface area contributed by atoms with Crippen molar-refractivity contribution < 1.29 is 9.53 Å². The summed E-state index contributed by atoms with van der Waals surface area (Å²) in [5.41, 5.74) is 4.28. The first-order valence-electron chi connectivity index (χ1n) is 9.37. The predicted octanol–water partition coefficient (Wildman–Crippen LogP) is 5.40. The zero-order valence-electron chi connectivity index (χ0n) is 16.3. The van der Waals surface area contributed by atoms with E-state index in [0.717, 1.165) is 16.4 Å². The van der Waals surface area contributed by atoms with Gasteiger partial charge in [-0.3, -0.25) is 4.79 Å². The van der Waals surface area contributed by atoms with E-state index in [-0.39, 0.29) is 5.91 Å². The Morgan fingerprint density at radius 2 is 1.61 bits per heavy atom. The first-order chi connectivity index (χ1) is 13.6. The van der Waals surface area contributed by atoms with Gasteiger partial charge < -0.3 is 10.1 Å². The second-order valence-electron chi connectivity index (χ2n) is 6.70. The summed E-state index contributed by atoms with van der Waals surface area (Å²) >= 11 is 1.68. The number of carbonyl (C=O) groups excluding carboxylic acids is 1. The molecule has 0 aromatic heterocycles. The van der Waals surface area contributed by atoms with Crippen LogP contribution in [0.25, 0.3) is 0 Å². The number of aryl methyl sites for hydroxylation is 2. The number of benzene rings is 3. The Hall–Kier alpha value is -2.72. The second-order valence-corrected chi connectivity index (χ2v) is 7.72. The monoisotopic (exact) mass is 391 g/mol. The quantitative estimate of drug-likeness (QED) is 0.412. The summed E-state index contributed by atoms with van der Waals surface area (Å²) in [6, 6.07) is 24.1. The predicted molar refractivity (Wildman–Crippen MR) is 116 cm³/mol. The van der Waals surface area contributed by atoms with Crippen molar-refractivity contribution in [2.24, 2.45) is 0 Å². The number of hydrogen-bond donors (Lipinski definition) is 1. The van der Waals surface area contributed by atoms with Crippen LogP contribution in [0.1, 0.15) is 27.0 Å². The average Bonchev–Trinajstić information content (AvgIpc) is 2.70. The molecule has 0 saturated heterocycles. The van der Waals surface area contributed by atoms with Gasteiger partial charge >= 0.3 is 0 Å². The van der Waals surface area contributed by atoms with Crippen LogP contribution in [-0.4, -0.2) is 19.1 Å². The maximum Gasteiger partial charge on any atom is 0.252 e. The van der Waals surface area contributed by atoms with E-state index in [9.17, 15) is 4.79 Å². The molecule has 144 valence electrons. The highest BCUT2D eigenvalue weighted by molar-refractivity contribution is 7.98. The summed E-state index contributed by atoms with van der Waals surface area (Å²) in [4.78, 5) is 13.6. The summed E-state index contributed by atoms with van der Waals surface area (Å²) in [6.45, 7) is 4.99. The summed E-state index contributed by atoms with van der Waals surface area (Å²) in [5, 5.41) is 2.96. The van der Waals surface area contributed by atoms with E-state index in [1.807, 2.05) is 68.4 Å². The Labute approximate surface area is 171 Å². The van der Waals surface area contributed by atoms with Crippen molar-refractivity contribution in [2.45, 2.75) is 24.5 Å². The number of rotatable bonds is 8. The smallest absolute Gasteiger partial charge is 0.252 e. The molecule has 1 amide bonds. The summed E-state index contributed by atoms with van der Waals surface area (Å²) in [6.07, 6.45) is 0. The number of ether oxygens (including phenoxy) is 1. The first kappa shape index (κ1) is 20.0. The van der Waals surface area contributed by atoms with Crippen LogP contribution >= 0.6 is 11.8 Å². The van der Waals surface area contributed by atoms with Gasteiger partial charge in [-0.2, -0.15) is 0 Å². The van der Waals surface area contributed by atoms with Crippen molar-refractivity contribution >= 4 is 17.7 Å². The topological polar surface area (TPSA) is 38.3 Å². The number of carbonyl (C=O) groups is 1. The number of thioether (sulfide) groups is 1. The molecule has 0 atom stereocenters. The molecule has 3 nitrogen and oxygen atoms in total. The Bertz CT molecular complexity index is 905. The number of amides is 1. The van der Waals surface area contributed by atoms with Crippen molar-refractivity contribution in [2.75, 3.05) is 13.2 Å². The van der Waals surface area contributed by atoms with Crippen molar-refractivity contribution in [3.05, 3.63) is 95.1 Å². The van der Waals surface area contributed by atoms with Gasteiger partial charge in [0.25, 0.3) is 5.91 Å². The van der Waals surface area contributed by atoms with Gasteiger partial charge in [-0.15, -0.1) is 11.8 Å². The molecule has 0 unspecified atom stereocenters. The Morgan fingerprint density at radius 3 is 2.36 bits per heavy atom. The molecule has 28 heavy (non-hydrogen) atoms. The van der Waals surface area contributed by atoms with Crippen LogP contribution in [0.2, 0.25) is 0 Å². The third-order valence-electron chi connectivity index (χ3n) is 4.22. The fourth-order valence-electron chi connectivity index (χ4n) is 2.96. The molecular formula is C24H25NO2S. The van der Waals surface area contributed by atoms with E-state index in [2.05, 4.69) is 23.5 Å². The van der Waals surface area contributed by atoms with E-state index in [1.54, 1.807) is 11.8 Å². The average molecular weight is 392 g/mol. The molecule has 3 rings (SSSR count). The number of nitrogens with one attached hydrogen (secondary N) is 1. The lowest BCUT2D eigenvalue weighted by Gasteiger charge is -2.11. The van der Waals surface area contributed by atoms with Gasteiger partial charge in [0.1, 0.15) is 12.4 Å². The minimum Gasteiger partial charge on any atom is -0.492 e. The molecule has 1 N–H and O–H groups in total. The third kappa shape index (κ3) is 5.89. The highest BCUT2D eigenvalue weighted by Gasteiger charge is 2.11. The van der Waals surface area contributed by atoms with Gasteiger partial charge in [0.05, 0.1) is 12.1 Å². The van der Waals surface area contributed by atoms with E-state index < -0.39 is 0 Å². The van der Waals surface area contributed by atoms with Crippen molar-refractivity contribution in [3.8, 4) is 5.75 Å². The van der Waals surface area contributed by atoms with Crippen LogP contribution < -0.4 is 10.1 Å². The lowest BCUT2D eigenvalue weighted by Crippen LogP contribution is -2.28. The normalized spacial score (nSPS) is 10.5. The summed E-state index contributed by atoms with van der Waals surface area (Å²) in [5.74, 6) is 1.60. The molecule has 0 aliphatic carbocycles. The molecule has 0 aliphatic rings. The second kappa shape index (κ2) is 10.00. The Balaban J connectivity index is 1.52. The molecule has 0 spiro atoms. The lowest BCUT2D eigenvalue weighted by atomic mass is 10.1.